The van der Waals surface area contributed by atoms with Gasteiger partial charge in [0.25, 0.3) is 0 Å². The number of aromatic nitrogens is 2. The van der Waals surface area contributed by atoms with Gasteiger partial charge in [-0.3, -0.25) is 0 Å². The van der Waals surface area contributed by atoms with Crippen molar-refractivity contribution in [3.63, 3.8) is 0 Å². The van der Waals surface area contributed by atoms with Crippen molar-refractivity contribution in [1.82, 2.24) is 14.9 Å². The molecule has 0 saturated heterocycles. The Bertz CT molecular complexity index is 526. The first-order valence-electron chi connectivity index (χ1n) is 7.17. The Kier molecular flexibility index (Phi) is 6.24. The number of hydrogen-bond donors (Lipinski definition) is 1. The minimum Gasteiger partial charge on any atom is -0.491 e. The van der Waals surface area contributed by atoms with Crippen molar-refractivity contribution in [2.75, 3.05) is 26.9 Å². The number of methoxy groups -OCH3 is 1. The van der Waals surface area contributed by atoms with E-state index >= 15 is 0 Å². The zero-order valence-corrected chi connectivity index (χ0v) is 12.7. The highest BCUT2D eigenvalue weighted by Gasteiger charge is 2.04. The van der Waals surface area contributed by atoms with Gasteiger partial charge in [-0.2, -0.15) is 0 Å². The molecule has 114 valence electrons. The Morgan fingerprint density at radius 3 is 2.95 bits per heavy atom. The molecule has 5 heteroatoms. The Hall–Kier alpha value is -1.85. The normalized spacial score (nSPS) is 10.8. The number of hydrogen-bond acceptors (Lipinski definition) is 4. The molecule has 1 aromatic carbocycles. The van der Waals surface area contributed by atoms with Crippen LogP contribution in [-0.4, -0.2) is 36.4 Å². The van der Waals surface area contributed by atoms with Gasteiger partial charge in [0, 0.05) is 38.2 Å². The number of aryl methyl sites for hydroxylation is 1. The zero-order valence-electron chi connectivity index (χ0n) is 12.7. The van der Waals surface area contributed by atoms with Crippen molar-refractivity contribution in [2.24, 2.45) is 0 Å². The van der Waals surface area contributed by atoms with Gasteiger partial charge in [-0.25, -0.2) is 4.98 Å². The summed E-state index contributed by atoms with van der Waals surface area (Å²) in [5, 5.41) is 3.35. The second kappa shape index (κ2) is 8.44. The Balaban J connectivity index is 1.87. The fraction of sp³-hybridized carbons (Fsp3) is 0.438. The maximum absolute atomic E-state index is 5.90. The van der Waals surface area contributed by atoms with Crippen LogP contribution in [0.1, 0.15) is 11.1 Å². The molecule has 5 nitrogen and oxygen atoms in total. The molecule has 1 heterocycles. The number of benzene rings is 1. The summed E-state index contributed by atoms with van der Waals surface area (Å²) in [6, 6.07) is 6.27. The third kappa shape index (κ3) is 5.21. The molecule has 0 radical (unpaired) electrons. The molecule has 0 aliphatic carbocycles. The molecule has 2 rings (SSSR count). The standard InChI is InChI=1S/C16H23N3O2/c1-14-3-4-16(15(11-14)12-17-6-9-20-2)21-10-8-19-7-5-18-13-19/h3-5,7,11,13,17H,6,8-10,12H2,1-2H3. The lowest BCUT2D eigenvalue weighted by Gasteiger charge is -2.13. The van der Waals surface area contributed by atoms with Crippen LogP contribution in [0.5, 0.6) is 5.75 Å². The van der Waals surface area contributed by atoms with E-state index in [4.69, 9.17) is 9.47 Å². The fourth-order valence-corrected chi connectivity index (χ4v) is 2.06. The van der Waals surface area contributed by atoms with Crippen LogP contribution in [0.15, 0.2) is 36.9 Å². The molecule has 0 spiro atoms. The average Bonchev–Trinajstić information content (AvgIpc) is 2.99. The van der Waals surface area contributed by atoms with Crippen LogP contribution in [0.25, 0.3) is 0 Å². The van der Waals surface area contributed by atoms with E-state index in [2.05, 4.69) is 29.4 Å². The van der Waals surface area contributed by atoms with E-state index in [1.165, 1.54) is 11.1 Å². The predicted octanol–water partition coefficient (Wildman–Crippen LogP) is 2.01. The van der Waals surface area contributed by atoms with Gasteiger partial charge in [0.1, 0.15) is 12.4 Å². The van der Waals surface area contributed by atoms with Crippen LogP contribution in [0.2, 0.25) is 0 Å². The minimum absolute atomic E-state index is 0.629. The smallest absolute Gasteiger partial charge is 0.123 e. The van der Waals surface area contributed by atoms with Crippen molar-refractivity contribution in [3.05, 3.63) is 48.0 Å². The van der Waals surface area contributed by atoms with Crippen LogP contribution in [-0.2, 0) is 17.8 Å². The summed E-state index contributed by atoms with van der Waals surface area (Å²) < 4.78 is 12.9. The topological polar surface area (TPSA) is 48.3 Å². The zero-order chi connectivity index (χ0) is 14.9. The fourth-order valence-electron chi connectivity index (χ4n) is 2.06. The van der Waals surface area contributed by atoms with E-state index in [1.54, 1.807) is 19.6 Å². The summed E-state index contributed by atoms with van der Waals surface area (Å²) in [6.45, 7) is 5.84. The maximum Gasteiger partial charge on any atom is 0.123 e. The van der Waals surface area contributed by atoms with Gasteiger partial charge in [-0.05, 0) is 13.0 Å². The van der Waals surface area contributed by atoms with Crippen LogP contribution in [0, 0.1) is 6.92 Å². The number of ether oxygens (including phenoxy) is 2. The number of nitrogens with one attached hydrogen (secondary N) is 1. The lowest BCUT2D eigenvalue weighted by atomic mass is 10.1. The van der Waals surface area contributed by atoms with Crippen molar-refractivity contribution < 1.29 is 9.47 Å². The van der Waals surface area contributed by atoms with Gasteiger partial charge < -0.3 is 19.4 Å². The Morgan fingerprint density at radius 2 is 2.19 bits per heavy atom. The lowest BCUT2D eigenvalue weighted by Crippen LogP contribution is -2.19. The third-order valence-corrected chi connectivity index (χ3v) is 3.18. The van der Waals surface area contributed by atoms with E-state index in [1.807, 2.05) is 16.8 Å². The van der Waals surface area contributed by atoms with E-state index in [0.29, 0.717) is 13.2 Å². The molecule has 0 aliphatic heterocycles. The lowest BCUT2D eigenvalue weighted by molar-refractivity contribution is 0.199. The van der Waals surface area contributed by atoms with Gasteiger partial charge in [0.15, 0.2) is 0 Å². The number of imidazole rings is 1. The second-order valence-corrected chi connectivity index (χ2v) is 4.93. The van der Waals surface area contributed by atoms with Crippen molar-refractivity contribution >= 4 is 0 Å². The van der Waals surface area contributed by atoms with Crippen molar-refractivity contribution in [3.8, 4) is 5.75 Å². The molecule has 2 aromatic rings. The Labute approximate surface area is 125 Å². The summed E-state index contributed by atoms with van der Waals surface area (Å²) in [6.07, 6.45) is 5.51. The second-order valence-electron chi connectivity index (χ2n) is 4.93. The molecule has 0 bridgehead atoms. The van der Waals surface area contributed by atoms with Crippen molar-refractivity contribution in [2.45, 2.75) is 20.0 Å². The quantitative estimate of drug-likeness (QED) is 0.717. The first-order chi connectivity index (χ1) is 10.3. The van der Waals surface area contributed by atoms with Crippen molar-refractivity contribution in [1.29, 1.82) is 0 Å². The van der Waals surface area contributed by atoms with Crippen LogP contribution >= 0.6 is 0 Å². The van der Waals surface area contributed by atoms with Crippen LogP contribution in [0.3, 0.4) is 0 Å². The largest absolute Gasteiger partial charge is 0.491 e. The molecular formula is C16H23N3O2. The molecule has 1 N–H and O–H groups in total. The summed E-state index contributed by atoms with van der Waals surface area (Å²) in [4.78, 5) is 4.02. The SMILES string of the molecule is COCCNCc1cc(C)ccc1OCCn1ccnc1. The molecule has 1 aromatic heterocycles. The van der Waals surface area contributed by atoms with Crippen LogP contribution in [0.4, 0.5) is 0 Å². The van der Waals surface area contributed by atoms with E-state index in [9.17, 15) is 0 Å². The highest BCUT2D eigenvalue weighted by molar-refractivity contribution is 5.36. The van der Waals surface area contributed by atoms with Gasteiger partial charge in [-0.1, -0.05) is 17.7 Å². The number of rotatable bonds is 9. The van der Waals surface area contributed by atoms with Gasteiger partial charge in [0.2, 0.25) is 0 Å². The number of nitrogens with zero attached hydrogens (tertiary/aromatic N) is 2. The van der Waals surface area contributed by atoms with Gasteiger partial charge in [0.05, 0.1) is 19.5 Å². The molecule has 0 fully saturated rings. The van der Waals surface area contributed by atoms with Gasteiger partial charge in [-0.15, -0.1) is 0 Å². The summed E-state index contributed by atoms with van der Waals surface area (Å²) in [5.74, 6) is 0.936. The summed E-state index contributed by atoms with van der Waals surface area (Å²) in [7, 11) is 1.71. The van der Waals surface area contributed by atoms with E-state index < -0.39 is 0 Å². The minimum atomic E-state index is 0.629. The first-order valence-corrected chi connectivity index (χ1v) is 7.17. The summed E-state index contributed by atoms with van der Waals surface area (Å²) in [5.41, 5.74) is 2.41. The monoisotopic (exact) mass is 289 g/mol. The Morgan fingerprint density at radius 1 is 1.29 bits per heavy atom. The highest BCUT2D eigenvalue weighted by atomic mass is 16.5. The first kappa shape index (κ1) is 15.5. The predicted molar refractivity (Wildman–Crippen MR) is 82.5 cm³/mol. The molecule has 21 heavy (non-hydrogen) atoms. The molecule has 0 amide bonds. The highest BCUT2D eigenvalue weighted by Crippen LogP contribution is 2.20. The molecular weight excluding hydrogens is 266 g/mol. The maximum atomic E-state index is 5.90. The summed E-state index contributed by atoms with van der Waals surface area (Å²) >= 11 is 0. The molecule has 0 atom stereocenters. The molecule has 0 saturated carbocycles. The molecule has 0 unspecified atom stereocenters. The van der Waals surface area contributed by atoms with E-state index in [0.717, 1.165) is 25.4 Å². The van der Waals surface area contributed by atoms with E-state index in [-0.39, 0.29) is 0 Å². The van der Waals surface area contributed by atoms with Gasteiger partial charge >= 0.3 is 0 Å². The third-order valence-electron chi connectivity index (χ3n) is 3.18. The average molecular weight is 289 g/mol. The van der Waals surface area contributed by atoms with Crippen LogP contribution < -0.4 is 10.1 Å². The molecule has 0 aliphatic rings.